The van der Waals surface area contributed by atoms with Crippen LogP contribution in [-0.4, -0.2) is 26.1 Å². The second-order valence-corrected chi connectivity index (χ2v) is 9.48. The summed E-state index contributed by atoms with van der Waals surface area (Å²) >= 11 is -1.86. The average molecular weight is 271 g/mol. The first-order chi connectivity index (χ1) is 5.70. The number of carbonyl (C=O) groups excluding carboxylic acids is 1. The van der Waals surface area contributed by atoms with Crippen LogP contribution in [0.3, 0.4) is 0 Å². The molecule has 0 aliphatic rings. The van der Waals surface area contributed by atoms with Crippen molar-refractivity contribution in [3.63, 3.8) is 0 Å². The van der Waals surface area contributed by atoms with Gasteiger partial charge in [0.15, 0.2) is 0 Å². The monoisotopic (exact) mass is 272 g/mol. The molecular weight excluding hydrogens is 259 g/mol. The Morgan fingerprint density at radius 3 is 2.33 bits per heavy atom. The first kappa shape index (κ1) is 9.58. The minimum atomic E-state index is -1.86. The maximum atomic E-state index is 11.3. The Morgan fingerprint density at radius 1 is 1.25 bits per heavy atom. The zero-order valence-electron chi connectivity index (χ0n) is 7.28. The van der Waals surface area contributed by atoms with Gasteiger partial charge in [0.1, 0.15) is 0 Å². The van der Waals surface area contributed by atoms with E-state index in [2.05, 4.69) is 0 Å². The second kappa shape index (κ2) is 4.50. The number of benzene rings is 1. The van der Waals surface area contributed by atoms with Crippen molar-refractivity contribution >= 4 is 26.1 Å². The molecule has 1 aromatic rings. The molecule has 0 saturated heterocycles. The van der Waals surface area contributed by atoms with E-state index < -0.39 is 20.2 Å². The zero-order chi connectivity index (χ0) is 8.97. The van der Waals surface area contributed by atoms with Crippen LogP contribution in [-0.2, 0) is 3.07 Å². The Hall–Kier alpha value is -0.511. The molecule has 0 spiro atoms. The van der Waals surface area contributed by atoms with Crippen LogP contribution in [0.25, 0.3) is 0 Å². The third-order valence-corrected chi connectivity index (χ3v) is 3.31. The summed E-state index contributed by atoms with van der Waals surface area (Å²) < 4.78 is 5.21. The standard InChI is InChI=1S/C7H6O2.2CH3.Sn.H/c8-7(9)6-4-2-1-3-5-6;;;;/h1-5H,(H,8,9);2*1H3;;/q;;;+1;/p-1. The molecule has 0 radical (unpaired) electrons. The Balaban J connectivity index is 2.66. The van der Waals surface area contributed by atoms with Crippen LogP contribution < -0.4 is 0 Å². The van der Waals surface area contributed by atoms with Crippen LogP contribution in [0.1, 0.15) is 10.4 Å². The quantitative estimate of drug-likeness (QED) is 0.767. The summed E-state index contributed by atoms with van der Waals surface area (Å²) in [6, 6.07) is 9.11. The van der Waals surface area contributed by atoms with Gasteiger partial charge < -0.3 is 0 Å². The Labute approximate surface area is 79.8 Å². The van der Waals surface area contributed by atoms with Gasteiger partial charge in [-0.15, -0.1) is 0 Å². The van der Waals surface area contributed by atoms with Gasteiger partial charge >= 0.3 is 79.8 Å². The van der Waals surface area contributed by atoms with E-state index in [1.165, 1.54) is 0 Å². The molecule has 0 aromatic heterocycles. The van der Waals surface area contributed by atoms with E-state index in [1.807, 2.05) is 28.1 Å². The van der Waals surface area contributed by atoms with Crippen molar-refractivity contribution in [1.82, 2.24) is 0 Å². The fourth-order valence-electron chi connectivity index (χ4n) is 0.856. The molecule has 0 N–H and O–H groups in total. The van der Waals surface area contributed by atoms with Crippen LogP contribution >= 0.6 is 0 Å². The SMILES string of the molecule is [CH3][SnH]([CH3])[O]C(=O)c1ccccc1. The summed E-state index contributed by atoms with van der Waals surface area (Å²) in [5.74, 6) is -0.165. The second-order valence-electron chi connectivity index (χ2n) is 2.82. The predicted octanol–water partition coefficient (Wildman–Crippen LogP) is 1.83. The van der Waals surface area contributed by atoms with Crippen molar-refractivity contribution in [2.24, 2.45) is 0 Å². The van der Waals surface area contributed by atoms with Crippen molar-refractivity contribution in [2.45, 2.75) is 9.88 Å². The fourth-order valence-corrected chi connectivity index (χ4v) is 2.47. The Kier molecular flexibility index (Phi) is 3.59. The molecule has 0 bridgehead atoms. The summed E-state index contributed by atoms with van der Waals surface area (Å²) in [4.78, 5) is 15.4. The molecule has 0 aliphatic heterocycles. The van der Waals surface area contributed by atoms with Crippen molar-refractivity contribution in [2.75, 3.05) is 0 Å². The summed E-state index contributed by atoms with van der Waals surface area (Å²) in [5.41, 5.74) is 0.655. The molecular formula is C9H12O2Sn. The normalized spacial score (nSPS) is 9.92. The molecule has 1 aromatic carbocycles. The van der Waals surface area contributed by atoms with E-state index in [4.69, 9.17) is 3.07 Å². The van der Waals surface area contributed by atoms with Crippen LogP contribution in [0.15, 0.2) is 30.3 Å². The minimum absolute atomic E-state index is 0.165. The van der Waals surface area contributed by atoms with E-state index >= 15 is 0 Å². The van der Waals surface area contributed by atoms with Gasteiger partial charge in [-0.2, -0.15) is 0 Å². The number of hydrogen-bond acceptors (Lipinski definition) is 2. The van der Waals surface area contributed by atoms with Crippen molar-refractivity contribution in [3.05, 3.63) is 35.9 Å². The molecule has 0 saturated carbocycles. The molecule has 3 heteroatoms. The van der Waals surface area contributed by atoms with Crippen LogP contribution in [0.5, 0.6) is 0 Å². The van der Waals surface area contributed by atoms with Crippen molar-refractivity contribution < 1.29 is 7.87 Å². The van der Waals surface area contributed by atoms with Crippen LogP contribution in [0.2, 0.25) is 9.88 Å². The third-order valence-electron chi connectivity index (χ3n) is 1.35. The maximum absolute atomic E-state index is 11.3. The molecule has 0 aliphatic carbocycles. The molecule has 2 nitrogen and oxygen atoms in total. The van der Waals surface area contributed by atoms with E-state index in [-0.39, 0.29) is 5.97 Å². The first-order valence-corrected chi connectivity index (χ1v) is 11.9. The van der Waals surface area contributed by atoms with Gasteiger partial charge in [0.05, 0.1) is 0 Å². The first-order valence-electron chi connectivity index (χ1n) is 3.96. The molecule has 64 valence electrons. The molecule has 0 amide bonds. The summed E-state index contributed by atoms with van der Waals surface area (Å²) in [5, 5.41) is 0. The van der Waals surface area contributed by atoms with Crippen LogP contribution in [0, 0.1) is 0 Å². The van der Waals surface area contributed by atoms with Gasteiger partial charge in [0.2, 0.25) is 0 Å². The van der Waals surface area contributed by atoms with Gasteiger partial charge in [0.25, 0.3) is 0 Å². The van der Waals surface area contributed by atoms with Gasteiger partial charge in [-0.25, -0.2) is 0 Å². The van der Waals surface area contributed by atoms with Crippen LogP contribution in [0.4, 0.5) is 0 Å². The summed E-state index contributed by atoms with van der Waals surface area (Å²) in [7, 11) is 0. The predicted molar refractivity (Wildman–Crippen MR) is 50.7 cm³/mol. The number of rotatable bonds is 2. The van der Waals surface area contributed by atoms with Gasteiger partial charge in [-0.3, -0.25) is 0 Å². The fraction of sp³-hybridized carbons (Fsp3) is 0.222. The average Bonchev–Trinajstić information content (AvgIpc) is 2.05. The molecule has 0 fully saturated rings. The topological polar surface area (TPSA) is 26.3 Å². The van der Waals surface area contributed by atoms with Gasteiger partial charge in [-0.1, -0.05) is 0 Å². The molecule has 0 atom stereocenters. The molecule has 0 unspecified atom stereocenters. The number of hydrogen-bond donors (Lipinski definition) is 0. The zero-order valence-corrected chi connectivity index (χ0v) is 10.6. The van der Waals surface area contributed by atoms with Crippen molar-refractivity contribution in [3.8, 4) is 0 Å². The van der Waals surface area contributed by atoms with Gasteiger partial charge in [-0.05, 0) is 0 Å². The molecule has 1 rings (SSSR count). The molecule has 12 heavy (non-hydrogen) atoms. The summed E-state index contributed by atoms with van der Waals surface area (Å²) in [6.45, 7) is 0. The molecule has 0 heterocycles. The third kappa shape index (κ3) is 2.85. The Bertz CT molecular complexity index is 256. The van der Waals surface area contributed by atoms with E-state index in [0.717, 1.165) is 0 Å². The van der Waals surface area contributed by atoms with E-state index in [1.54, 1.807) is 12.1 Å². The number of carbonyl (C=O) groups is 1. The Morgan fingerprint density at radius 2 is 1.83 bits per heavy atom. The van der Waals surface area contributed by atoms with E-state index in [0.29, 0.717) is 5.56 Å². The van der Waals surface area contributed by atoms with Crippen molar-refractivity contribution in [1.29, 1.82) is 0 Å². The summed E-state index contributed by atoms with van der Waals surface area (Å²) in [6.07, 6.45) is 0. The van der Waals surface area contributed by atoms with E-state index in [9.17, 15) is 4.79 Å². The van der Waals surface area contributed by atoms with Gasteiger partial charge in [0, 0.05) is 0 Å².